The Morgan fingerprint density at radius 3 is 2.76 bits per heavy atom. The van der Waals surface area contributed by atoms with Gasteiger partial charge in [-0.05, 0) is 50.1 Å². The summed E-state index contributed by atoms with van der Waals surface area (Å²) >= 11 is 0. The van der Waals surface area contributed by atoms with E-state index in [4.69, 9.17) is 9.47 Å². The van der Waals surface area contributed by atoms with Gasteiger partial charge in [-0.15, -0.1) is 0 Å². The van der Waals surface area contributed by atoms with E-state index < -0.39 is 18.0 Å². The van der Waals surface area contributed by atoms with Crippen molar-refractivity contribution in [1.29, 1.82) is 0 Å². The number of carbonyl (C=O) groups is 3. The number of nitrogens with zero attached hydrogens (tertiary/aromatic N) is 1. The highest BCUT2D eigenvalue weighted by Crippen LogP contribution is 2.29. The van der Waals surface area contributed by atoms with Crippen LogP contribution in [0.5, 0.6) is 5.75 Å². The molecule has 29 heavy (non-hydrogen) atoms. The van der Waals surface area contributed by atoms with E-state index in [0.29, 0.717) is 24.4 Å². The molecule has 0 saturated carbocycles. The highest BCUT2D eigenvalue weighted by Gasteiger charge is 2.31. The highest BCUT2D eigenvalue weighted by molar-refractivity contribution is 6.11. The predicted molar refractivity (Wildman–Crippen MR) is 109 cm³/mol. The number of nitrogens with one attached hydrogen (secondary N) is 1. The molecule has 0 aromatic heterocycles. The Kier molecular flexibility index (Phi) is 6.49. The lowest BCUT2D eigenvalue weighted by atomic mass is 10.1. The first-order valence-electron chi connectivity index (χ1n) is 9.53. The quantitative estimate of drug-likeness (QED) is 0.574. The molecule has 0 aliphatic carbocycles. The van der Waals surface area contributed by atoms with Crippen molar-refractivity contribution in [1.82, 2.24) is 0 Å². The molecular weight excluding hydrogens is 372 g/mol. The summed E-state index contributed by atoms with van der Waals surface area (Å²) in [5.74, 6) is -0.446. The van der Waals surface area contributed by atoms with Gasteiger partial charge in [0.25, 0.3) is 5.91 Å². The Labute approximate surface area is 169 Å². The first-order valence-corrected chi connectivity index (χ1v) is 9.53. The number of para-hydroxylation sites is 2. The van der Waals surface area contributed by atoms with Crippen LogP contribution in [0, 0.1) is 6.92 Å². The lowest BCUT2D eigenvalue weighted by molar-refractivity contribution is -0.154. The normalized spacial score (nSPS) is 13.9. The molecule has 2 aromatic carbocycles. The van der Waals surface area contributed by atoms with Gasteiger partial charge in [-0.25, -0.2) is 0 Å². The van der Waals surface area contributed by atoms with E-state index in [0.717, 1.165) is 11.3 Å². The number of rotatable bonds is 7. The monoisotopic (exact) mass is 396 g/mol. The van der Waals surface area contributed by atoms with E-state index in [9.17, 15) is 14.4 Å². The molecule has 3 rings (SSSR count). The smallest absolute Gasteiger partial charge is 0.306 e. The highest BCUT2D eigenvalue weighted by atomic mass is 16.5. The lowest BCUT2D eigenvalue weighted by Crippen LogP contribution is -2.47. The topological polar surface area (TPSA) is 84.9 Å². The van der Waals surface area contributed by atoms with Crippen LogP contribution in [0.25, 0.3) is 0 Å². The van der Waals surface area contributed by atoms with Crippen molar-refractivity contribution in [3.05, 3.63) is 54.1 Å². The second kappa shape index (κ2) is 9.23. The fourth-order valence-electron chi connectivity index (χ4n) is 3.07. The molecule has 0 unspecified atom stereocenters. The summed E-state index contributed by atoms with van der Waals surface area (Å²) < 4.78 is 10.9. The molecule has 2 aromatic rings. The van der Waals surface area contributed by atoms with Crippen LogP contribution in [0.2, 0.25) is 0 Å². The minimum absolute atomic E-state index is 0.109. The van der Waals surface area contributed by atoms with E-state index in [1.165, 1.54) is 11.8 Å². The van der Waals surface area contributed by atoms with Gasteiger partial charge >= 0.3 is 5.97 Å². The van der Waals surface area contributed by atoms with Crippen LogP contribution in [-0.2, 0) is 19.1 Å². The molecule has 0 fully saturated rings. The number of amides is 2. The average Bonchev–Trinajstić information content (AvgIpc) is 2.70. The Hall–Kier alpha value is -3.35. The number of anilines is 2. The summed E-state index contributed by atoms with van der Waals surface area (Å²) in [5.41, 5.74) is 2.25. The fourth-order valence-corrected chi connectivity index (χ4v) is 3.07. The first kappa shape index (κ1) is 20.4. The Morgan fingerprint density at radius 2 is 1.97 bits per heavy atom. The molecule has 0 bridgehead atoms. The van der Waals surface area contributed by atoms with E-state index in [1.807, 2.05) is 31.2 Å². The van der Waals surface area contributed by atoms with E-state index >= 15 is 0 Å². The summed E-state index contributed by atoms with van der Waals surface area (Å²) in [4.78, 5) is 38.0. The molecule has 7 nitrogen and oxygen atoms in total. The molecule has 7 heteroatoms. The molecule has 0 saturated heterocycles. The third kappa shape index (κ3) is 5.34. The lowest BCUT2D eigenvalue weighted by Gasteiger charge is -2.30. The number of benzene rings is 2. The fraction of sp³-hybridized carbons (Fsp3) is 0.318. The number of esters is 1. The van der Waals surface area contributed by atoms with Crippen LogP contribution in [0.15, 0.2) is 48.5 Å². The zero-order valence-electron chi connectivity index (χ0n) is 16.5. The van der Waals surface area contributed by atoms with Crippen molar-refractivity contribution in [2.75, 3.05) is 23.4 Å². The van der Waals surface area contributed by atoms with E-state index in [-0.39, 0.29) is 18.9 Å². The summed E-state index contributed by atoms with van der Waals surface area (Å²) in [6.45, 7) is 3.76. The largest absolute Gasteiger partial charge is 0.494 e. The molecule has 2 amide bonds. The van der Waals surface area contributed by atoms with Crippen molar-refractivity contribution in [2.24, 2.45) is 0 Å². The van der Waals surface area contributed by atoms with Crippen LogP contribution in [0.1, 0.15) is 25.3 Å². The molecule has 1 aliphatic rings. The van der Waals surface area contributed by atoms with Crippen molar-refractivity contribution in [3.63, 3.8) is 0 Å². The number of ether oxygens (including phenoxy) is 2. The number of aryl methyl sites for hydroxylation is 1. The van der Waals surface area contributed by atoms with Gasteiger partial charge in [-0.1, -0.05) is 24.3 Å². The molecule has 0 spiro atoms. The van der Waals surface area contributed by atoms with Crippen LogP contribution < -0.4 is 15.0 Å². The molecule has 1 heterocycles. The summed E-state index contributed by atoms with van der Waals surface area (Å²) in [7, 11) is 0. The van der Waals surface area contributed by atoms with Gasteiger partial charge in [0.15, 0.2) is 6.10 Å². The standard InChI is InChI=1S/C22H24N2O5/c1-15-7-5-8-17(13-15)28-12-6-11-21(26)29-16(2)22(27)24-14-20(25)23-18-9-3-4-10-19(18)24/h3-5,7-10,13,16H,6,11-12,14H2,1-2H3,(H,23,25)/t16-/m0/s1. The van der Waals surface area contributed by atoms with Crippen LogP contribution in [-0.4, -0.2) is 37.0 Å². The van der Waals surface area contributed by atoms with Gasteiger partial charge in [0.2, 0.25) is 5.91 Å². The molecular formula is C22H24N2O5. The molecule has 1 N–H and O–H groups in total. The molecule has 1 atom stereocenters. The third-order valence-electron chi connectivity index (χ3n) is 4.48. The second-order valence-electron chi connectivity index (χ2n) is 6.89. The number of hydrogen-bond acceptors (Lipinski definition) is 5. The Bertz CT molecular complexity index is 912. The third-order valence-corrected chi connectivity index (χ3v) is 4.48. The van der Waals surface area contributed by atoms with E-state index in [1.54, 1.807) is 24.3 Å². The van der Waals surface area contributed by atoms with Gasteiger partial charge in [-0.2, -0.15) is 0 Å². The maximum atomic E-state index is 12.7. The maximum Gasteiger partial charge on any atom is 0.306 e. The van der Waals surface area contributed by atoms with Gasteiger partial charge in [-0.3, -0.25) is 19.3 Å². The minimum Gasteiger partial charge on any atom is -0.494 e. The van der Waals surface area contributed by atoms with Gasteiger partial charge in [0.05, 0.1) is 18.0 Å². The molecule has 0 radical (unpaired) electrons. The summed E-state index contributed by atoms with van der Waals surface area (Å²) in [5, 5.41) is 2.72. The van der Waals surface area contributed by atoms with Crippen molar-refractivity contribution in [2.45, 2.75) is 32.8 Å². The SMILES string of the molecule is Cc1cccc(OCCCC(=O)O[C@@H](C)C(=O)N2CC(=O)Nc3ccccc32)c1. The average molecular weight is 396 g/mol. The number of hydrogen-bond donors (Lipinski definition) is 1. The zero-order valence-corrected chi connectivity index (χ0v) is 16.5. The molecule has 1 aliphatic heterocycles. The van der Waals surface area contributed by atoms with Crippen LogP contribution in [0.3, 0.4) is 0 Å². The zero-order chi connectivity index (χ0) is 20.8. The Morgan fingerprint density at radius 1 is 1.17 bits per heavy atom. The van der Waals surface area contributed by atoms with Gasteiger partial charge in [0.1, 0.15) is 12.3 Å². The minimum atomic E-state index is -0.987. The van der Waals surface area contributed by atoms with Crippen molar-refractivity contribution in [3.8, 4) is 5.75 Å². The predicted octanol–water partition coefficient (Wildman–Crippen LogP) is 3.07. The summed E-state index contributed by atoms with van der Waals surface area (Å²) in [6, 6.07) is 14.7. The number of carbonyl (C=O) groups excluding carboxylic acids is 3. The molecule has 152 valence electrons. The van der Waals surface area contributed by atoms with E-state index in [2.05, 4.69) is 5.32 Å². The Balaban J connectivity index is 1.48. The van der Waals surface area contributed by atoms with Crippen molar-refractivity contribution < 1.29 is 23.9 Å². The second-order valence-corrected chi connectivity index (χ2v) is 6.89. The van der Waals surface area contributed by atoms with Crippen LogP contribution in [0.4, 0.5) is 11.4 Å². The van der Waals surface area contributed by atoms with Crippen molar-refractivity contribution >= 4 is 29.2 Å². The van der Waals surface area contributed by atoms with Gasteiger partial charge < -0.3 is 14.8 Å². The maximum absolute atomic E-state index is 12.7. The van der Waals surface area contributed by atoms with Gasteiger partial charge in [0, 0.05) is 6.42 Å². The summed E-state index contributed by atoms with van der Waals surface area (Å²) in [6.07, 6.45) is -0.373. The number of fused-ring (bicyclic) bond motifs is 1. The first-order chi connectivity index (χ1) is 13.9. The van der Waals surface area contributed by atoms with Crippen LogP contribution >= 0.6 is 0 Å².